The summed E-state index contributed by atoms with van der Waals surface area (Å²) in [5, 5.41) is 0. The molecule has 7 heteroatoms. The molecule has 1 saturated heterocycles. The van der Waals surface area contributed by atoms with Crippen LogP contribution in [-0.2, 0) is 19.8 Å². The third-order valence-corrected chi connectivity index (χ3v) is 5.13. The van der Waals surface area contributed by atoms with Gasteiger partial charge in [0.05, 0.1) is 5.41 Å². The Morgan fingerprint density at radius 3 is 2.44 bits per heavy atom. The van der Waals surface area contributed by atoms with Gasteiger partial charge in [0.25, 0.3) is 0 Å². The molecule has 1 aliphatic rings. The first kappa shape index (κ1) is 21.0. The highest BCUT2D eigenvalue weighted by atomic mass is 19.1. The van der Waals surface area contributed by atoms with Crippen molar-refractivity contribution in [2.45, 2.75) is 32.1 Å². The summed E-state index contributed by atoms with van der Waals surface area (Å²) in [6, 6.07) is 5.68. The summed E-state index contributed by atoms with van der Waals surface area (Å²) in [4.78, 5) is 43.4. The van der Waals surface area contributed by atoms with Gasteiger partial charge in [0, 0.05) is 39.0 Å². The van der Waals surface area contributed by atoms with Gasteiger partial charge in [-0.15, -0.1) is 0 Å². The minimum atomic E-state index is -1.34. The quantitative estimate of drug-likeness (QED) is 0.647. The van der Waals surface area contributed by atoms with Crippen LogP contribution in [0.15, 0.2) is 24.3 Å². The molecule has 0 radical (unpaired) electrons. The molecule has 3 amide bonds. The molecule has 1 aromatic rings. The summed E-state index contributed by atoms with van der Waals surface area (Å²) in [5.74, 6) is -1.44. The summed E-state index contributed by atoms with van der Waals surface area (Å²) in [5.41, 5.74) is -0.959. The van der Waals surface area contributed by atoms with Gasteiger partial charge in [-0.1, -0.05) is 12.1 Å². The van der Waals surface area contributed by atoms with Crippen molar-refractivity contribution in [2.75, 3.05) is 40.3 Å². The standard InChI is InChI=1S/C20H28FN3O3/c1-5-23(6-2)17(25)13-20(15-8-7-9-16(21)12-15)14-18(26)24(19(20)27)11-10-22(3)4/h7-9,12H,5-6,10-11,13-14H2,1-4H3. The maximum absolute atomic E-state index is 13.9. The smallest absolute Gasteiger partial charge is 0.240 e. The summed E-state index contributed by atoms with van der Waals surface area (Å²) >= 11 is 0. The largest absolute Gasteiger partial charge is 0.343 e. The molecule has 1 atom stereocenters. The van der Waals surface area contributed by atoms with Crippen molar-refractivity contribution < 1.29 is 18.8 Å². The van der Waals surface area contributed by atoms with E-state index < -0.39 is 17.1 Å². The van der Waals surface area contributed by atoms with E-state index in [1.807, 2.05) is 32.8 Å². The minimum absolute atomic E-state index is 0.115. The zero-order valence-electron chi connectivity index (χ0n) is 16.5. The first-order valence-corrected chi connectivity index (χ1v) is 9.28. The Hall–Kier alpha value is -2.28. The van der Waals surface area contributed by atoms with Crippen molar-refractivity contribution in [3.8, 4) is 0 Å². The predicted molar refractivity (Wildman–Crippen MR) is 101 cm³/mol. The molecule has 0 aromatic heterocycles. The molecule has 0 N–H and O–H groups in total. The summed E-state index contributed by atoms with van der Waals surface area (Å²) in [6.07, 6.45) is -0.253. The molecule has 0 spiro atoms. The molecule has 1 aromatic carbocycles. The predicted octanol–water partition coefficient (Wildman–Crippen LogP) is 1.64. The first-order valence-electron chi connectivity index (χ1n) is 9.28. The lowest BCUT2D eigenvalue weighted by molar-refractivity contribution is -0.142. The third kappa shape index (κ3) is 4.35. The Labute approximate surface area is 159 Å². The Morgan fingerprint density at radius 2 is 1.89 bits per heavy atom. The van der Waals surface area contributed by atoms with Crippen LogP contribution in [0.2, 0.25) is 0 Å². The van der Waals surface area contributed by atoms with Gasteiger partial charge in [-0.25, -0.2) is 4.39 Å². The number of benzene rings is 1. The lowest BCUT2D eigenvalue weighted by Gasteiger charge is -2.30. The van der Waals surface area contributed by atoms with E-state index in [1.165, 1.54) is 23.1 Å². The molecule has 1 aliphatic heterocycles. The summed E-state index contributed by atoms with van der Waals surface area (Å²) in [7, 11) is 3.71. The number of hydrogen-bond acceptors (Lipinski definition) is 4. The average molecular weight is 377 g/mol. The number of likely N-dealkylation sites (N-methyl/N-ethyl adjacent to an activating group) is 1. The van der Waals surface area contributed by atoms with Crippen molar-refractivity contribution >= 4 is 17.7 Å². The molecule has 0 bridgehead atoms. The molecule has 27 heavy (non-hydrogen) atoms. The number of likely N-dealkylation sites (tertiary alicyclic amines) is 1. The highest BCUT2D eigenvalue weighted by molar-refractivity contribution is 6.10. The third-order valence-electron chi connectivity index (χ3n) is 5.13. The number of nitrogens with zero attached hydrogens (tertiary/aromatic N) is 3. The van der Waals surface area contributed by atoms with Gasteiger partial charge in [0.15, 0.2) is 0 Å². The van der Waals surface area contributed by atoms with Crippen LogP contribution in [-0.4, -0.2) is 72.7 Å². The number of hydrogen-bond donors (Lipinski definition) is 0. The lowest BCUT2D eigenvalue weighted by atomic mass is 9.75. The van der Waals surface area contributed by atoms with Crippen LogP contribution in [0.5, 0.6) is 0 Å². The van der Waals surface area contributed by atoms with Crippen LogP contribution >= 0.6 is 0 Å². The second-order valence-electron chi connectivity index (χ2n) is 7.17. The molecular weight excluding hydrogens is 349 g/mol. The molecule has 1 unspecified atom stereocenters. The molecule has 1 heterocycles. The van der Waals surface area contributed by atoms with Crippen molar-refractivity contribution in [2.24, 2.45) is 0 Å². The Morgan fingerprint density at radius 1 is 1.22 bits per heavy atom. The van der Waals surface area contributed by atoms with E-state index >= 15 is 0 Å². The fraction of sp³-hybridized carbons (Fsp3) is 0.550. The molecular formula is C20H28FN3O3. The van der Waals surface area contributed by atoms with Crippen LogP contribution in [0.4, 0.5) is 4.39 Å². The lowest BCUT2D eigenvalue weighted by Crippen LogP contribution is -2.44. The zero-order chi connectivity index (χ0) is 20.2. The van der Waals surface area contributed by atoms with E-state index in [1.54, 1.807) is 11.0 Å². The van der Waals surface area contributed by atoms with E-state index in [0.29, 0.717) is 25.2 Å². The van der Waals surface area contributed by atoms with Gasteiger partial charge in [0.1, 0.15) is 5.82 Å². The number of carbonyl (C=O) groups excluding carboxylic acids is 3. The molecule has 2 rings (SSSR count). The highest BCUT2D eigenvalue weighted by Gasteiger charge is 2.54. The first-order chi connectivity index (χ1) is 12.7. The Kier molecular flexibility index (Phi) is 6.70. The van der Waals surface area contributed by atoms with Gasteiger partial charge in [0.2, 0.25) is 17.7 Å². The highest BCUT2D eigenvalue weighted by Crippen LogP contribution is 2.40. The summed E-state index contributed by atoms with van der Waals surface area (Å²) in [6.45, 7) is 5.53. The second-order valence-corrected chi connectivity index (χ2v) is 7.17. The molecule has 0 aliphatic carbocycles. The van der Waals surface area contributed by atoms with E-state index in [2.05, 4.69) is 0 Å². The molecule has 148 valence electrons. The van der Waals surface area contributed by atoms with E-state index in [0.717, 1.165) is 0 Å². The average Bonchev–Trinajstić information content (AvgIpc) is 2.85. The Bertz CT molecular complexity index is 718. The number of carbonyl (C=O) groups is 3. The van der Waals surface area contributed by atoms with Gasteiger partial charge in [-0.3, -0.25) is 19.3 Å². The zero-order valence-corrected chi connectivity index (χ0v) is 16.5. The van der Waals surface area contributed by atoms with Crippen molar-refractivity contribution in [1.29, 1.82) is 0 Å². The van der Waals surface area contributed by atoms with Gasteiger partial charge >= 0.3 is 0 Å². The van der Waals surface area contributed by atoms with Crippen molar-refractivity contribution in [3.05, 3.63) is 35.6 Å². The molecule has 0 saturated carbocycles. The van der Waals surface area contributed by atoms with Crippen LogP contribution in [0, 0.1) is 5.82 Å². The number of halogens is 1. The van der Waals surface area contributed by atoms with E-state index in [9.17, 15) is 18.8 Å². The van der Waals surface area contributed by atoms with Crippen LogP contribution in [0.25, 0.3) is 0 Å². The maximum atomic E-state index is 13.9. The molecule has 1 fully saturated rings. The second kappa shape index (κ2) is 8.61. The van der Waals surface area contributed by atoms with Crippen LogP contribution < -0.4 is 0 Å². The van der Waals surface area contributed by atoms with E-state index in [-0.39, 0.29) is 31.2 Å². The summed E-state index contributed by atoms with van der Waals surface area (Å²) < 4.78 is 13.9. The Balaban J connectivity index is 2.43. The monoisotopic (exact) mass is 377 g/mol. The minimum Gasteiger partial charge on any atom is -0.343 e. The van der Waals surface area contributed by atoms with Gasteiger partial charge in [-0.05, 0) is 45.6 Å². The van der Waals surface area contributed by atoms with Gasteiger partial charge < -0.3 is 9.80 Å². The number of imide groups is 1. The molecule has 6 nitrogen and oxygen atoms in total. The van der Waals surface area contributed by atoms with Crippen LogP contribution in [0.3, 0.4) is 0 Å². The number of rotatable bonds is 8. The van der Waals surface area contributed by atoms with Crippen molar-refractivity contribution in [1.82, 2.24) is 14.7 Å². The van der Waals surface area contributed by atoms with E-state index in [4.69, 9.17) is 0 Å². The van der Waals surface area contributed by atoms with Crippen molar-refractivity contribution in [3.63, 3.8) is 0 Å². The normalized spacial score (nSPS) is 19.9. The SMILES string of the molecule is CCN(CC)C(=O)CC1(c2cccc(F)c2)CC(=O)N(CCN(C)C)C1=O. The fourth-order valence-electron chi connectivity index (χ4n) is 3.53. The van der Waals surface area contributed by atoms with Gasteiger partial charge in [-0.2, -0.15) is 0 Å². The van der Waals surface area contributed by atoms with Crippen LogP contribution in [0.1, 0.15) is 32.3 Å². The fourth-order valence-corrected chi connectivity index (χ4v) is 3.53. The topological polar surface area (TPSA) is 60.9 Å². The maximum Gasteiger partial charge on any atom is 0.240 e. The number of amides is 3.